The van der Waals surface area contributed by atoms with Crippen molar-refractivity contribution in [3.63, 3.8) is 0 Å². The van der Waals surface area contributed by atoms with Crippen molar-refractivity contribution in [3.05, 3.63) is 88.1 Å². The van der Waals surface area contributed by atoms with Crippen LogP contribution in [0.1, 0.15) is 34.6 Å². The first-order valence-electron chi connectivity index (χ1n) is 11.1. The van der Waals surface area contributed by atoms with Crippen molar-refractivity contribution in [2.45, 2.75) is 37.8 Å². The molecular formula is C25H31N3O3S2. The third-order valence-corrected chi connectivity index (χ3v) is 7.84. The van der Waals surface area contributed by atoms with Gasteiger partial charge in [-0.05, 0) is 54.7 Å². The number of carbonyl (C=O) groups excluding carboxylic acids is 1. The summed E-state index contributed by atoms with van der Waals surface area (Å²) < 4.78 is 28.0. The van der Waals surface area contributed by atoms with E-state index in [2.05, 4.69) is 40.9 Å². The summed E-state index contributed by atoms with van der Waals surface area (Å²) in [6.07, 6.45) is 0.823. The normalized spacial score (nSPS) is 12.6. The van der Waals surface area contributed by atoms with Gasteiger partial charge < -0.3 is 5.32 Å². The summed E-state index contributed by atoms with van der Waals surface area (Å²) in [4.78, 5) is 16.2. The van der Waals surface area contributed by atoms with Gasteiger partial charge >= 0.3 is 0 Å². The minimum atomic E-state index is -3.72. The first kappa shape index (κ1) is 25.1. The molecule has 6 nitrogen and oxygen atoms in total. The number of carbonyl (C=O) groups is 1. The van der Waals surface area contributed by atoms with Crippen LogP contribution < -0.4 is 10.0 Å². The van der Waals surface area contributed by atoms with Crippen LogP contribution in [0, 0.1) is 0 Å². The lowest BCUT2D eigenvalue weighted by atomic mass is 10.0. The maximum atomic E-state index is 12.9. The molecule has 3 aromatic rings. The Kier molecular flexibility index (Phi) is 9.20. The number of hydrogen-bond donors (Lipinski definition) is 2. The zero-order valence-corrected chi connectivity index (χ0v) is 20.7. The van der Waals surface area contributed by atoms with Gasteiger partial charge in [0.25, 0.3) is 5.91 Å². The van der Waals surface area contributed by atoms with Crippen molar-refractivity contribution in [1.29, 1.82) is 0 Å². The maximum absolute atomic E-state index is 12.9. The molecule has 0 spiro atoms. The van der Waals surface area contributed by atoms with E-state index >= 15 is 0 Å². The molecule has 8 heteroatoms. The van der Waals surface area contributed by atoms with Crippen LogP contribution in [0.4, 0.5) is 0 Å². The smallest absolute Gasteiger partial charge is 0.251 e. The zero-order valence-electron chi connectivity index (χ0n) is 19.0. The number of hydrogen-bond acceptors (Lipinski definition) is 5. The molecule has 0 radical (unpaired) electrons. The number of rotatable bonds is 12. The van der Waals surface area contributed by atoms with Gasteiger partial charge in [-0.25, -0.2) is 13.1 Å². The van der Waals surface area contributed by atoms with Crippen LogP contribution in [-0.4, -0.2) is 44.9 Å². The van der Waals surface area contributed by atoms with Crippen molar-refractivity contribution in [2.24, 2.45) is 0 Å². The highest BCUT2D eigenvalue weighted by molar-refractivity contribution is 7.89. The Balaban J connectivity index is 1.67. The van der Waals surface area contributed by atoms with Gasteiger partial charge in [0.05, 0.1) is 4.90 Å². The number of nitrogens with one attached hydrogen (secondary N) is 2. The summed E-state index contributed by atoms with van der Waals surface area (Å²) in [7, 11) is -3.72. The van der Waals surface area contributed by atoms with Gasteiger partial charge in [0, 0.05) is 29.6 Å². The van der Waals surface area contributed by atoms with Crippen molar-refractivity contribution in [2.75, 3.05) is 19.6 Å². The molecule has 1 atom stereocenters. The third-order valence-electron chi connectivity index (χ3n) is 5.56. The molecule has 176 valence electrons. The second-order valence-corrected chi connectivity index (χ2v) is 10.5. The Morgan fingerprint density at radius 1 is 1.00 bits per heavy atom. The summed E-state index contributed by atoms with van der Waals surface area (Å²) in [6, 6.07) is 20.3. The van der Waals surface area contributed by atoms with E-state index in [9.17, 15) is 13.2 Å². The molecule has 1 unspecified atom stereocenters. The van der Waals surface area contributed by atoms with Crippen LogP contribution in [-0.2, 0) is 23.0 Å². The first-order chi connectivity index (χ1) is 15.9. The molecule has 1 amide bonds. The molecule has 2 N–H and O–H groups in total. The van der Waals surface area contributed by atoms with Crippen LogP contribution in [0.5, 0.6) is 0 Å². The van der Waals surface area contributed by atoms with Gasteiger partial charge in [-0.2, -0.15) is 0 Å². The van der Waals surface area contributed by atoms with E-state index in [4.69, 9.17) is 0 Å². The minimum Gasteiger partial charge on any atom is -0.350 e. The van der Waals surface area contributed by atoms with Crippen LogP contribution in [0.2, 0.25) is 0 Å². The molecule has 0 saturated heterocycles. The molecule has 0 fully saturated rings. The predicted octanol–water partition coefficient (Wildman–Crippen LogP) is 3.91. The molecule has 0 aliphatic heterocycles. The molecule has 1 heterocycles. The molecule has 0 aliphatic carbocycles. The summed E-state index contributed by atoms with van der Waals surface area (Å²) in [5.41, 5.74) is 1.54. The van der Waals surface area contributed by atoms with Crippen molar-refractivity contribution < 1.29 is 13.2 Å². The van der Waals surface area contributed by atoms with Crippen LogP contribution >= 0.6 is 11.3 Å². The Bertz CT molecular complexity index is 1110. The van der Waals surface area contributed by atoms with Crippen LogP contribution in [0.3, 0.4) is 0 Å². The van der Waals surface area contributed by atoms with E-state index in [1.807, 2.05) is 35.7 Å². The van der Waals surface area contributed by atoms with Gasteiger partial charge in [0.1, 0.15) is 0 Å². The Morgan fingerprint density at radius 2 is 1.76 bits per heavy atom. The van der Waals surface area contributed by atoms with E-state index in [0.717, 1.165) is 24.4 Å². The SMILES string of the molecule is CCN(CC)C(CNC(=O)c1cccc(S(=O)(=O)NCc2cccs2)c1)Cc1ccccc1. The third kappa shape index (κ3) is 7.23. The highest BCUT2D eigenvalue weighted by atomic mass is 32.2. The van der Waals surface area contributed by atoms with Crippen molar-refractivity contribution >= 4 is 27.3 Å². The van der Waals surface area contributed by atoms with Crippen molar-refractivity contribution in [1.82, 2.24) is 14.9 Å². The quantitative estimate of drug-likeness (QED) is 0.408. The lowest BCUT2D eigenvalue weighted by Crippen LogP contribution is -2.45. The van der Waals surface area contributed by atoms with E-state index in [1.54, 1.807) is 12.1 Å². The Hall–Kier alpha value is -2.52. The summed E-state index contributed by atoms with van der Waals surface area (Å²) in [5.74, 6) is -0.282. The van der Waals surface area contributed by atoms with Crippen LogP contribution in [0.15, 0.2) is 77.0 Å². The molecule has 1 aromatic heterocycles. The molecule has 0 aliphatic rings. The Labute approximate surface area is 200 Å². The molecule has 3 rings (SSSR count). The van der Waals surface area contributed by atoms with E-state index in [1.165, 1.54) is 29.0 Å². The number of sulfonamides is 1. The standard InChI is InChI=1S/C25H31N3O3S2/c1-3-28(4-2)22(16-20-10-6-5-7-11-20)18-26-25(29)21-12-8-14-24(17-21)33(30,31)27-19-23-13-9-15-32-23/h5-15,17,22,27H,3-4,16,18-19H2,1-2H3,(H,26,29). The van der Waals surface area contributed by atoms with Crippen molar-refractivity contribution in [3.8, 4) is 0 Å². The van der Waals surface area contributed by atoms with E-state index < -0.39 is 10.0 Å². The number of likely N-dealkylation sites (N-methyl/N-ethyl adjacent to an activating group) is 1. The first-order valence-corrected chi connectivity index (χ1v) is 13.5. The van der Waals surface area contributed by atoms with Crippen LogP contribution in [0.25, 0.3) is 0 Å². The topological polar surface area (TPSA) is 78.5 Å². The zero-order chi connectivity index (χ0) is 23.7. The number of thiophene rings is 1. The monoisotopic (exact) mass is 485 g/mol. The van der Waals surface area contributed by atoms with Gasteiger partial charge in [0.2, 0.25) is 10.0 Å². The second-order valence-electron chi connectivity index (χ2n) is 7.71. The Morgan fingerprint density at radius 3 is 2.42 bits per heavy atom. The van der Waals surface area contributed by atoms with E-state index in [0.29, 0.717) is 12.1 Å². The summed E-state index contributed by atoms with van der Waals surface area (Å²) >= 11 is 1.49. The summed E-state index contributed by atoms with van der Waals surface area (Å²) in [5, 5.41) is 4.91. The second kappa shape index (κ2) is 12.1. The van der Waals surface area contributed by atoms with Gasteiger partial charge in [-0.1, -0.05) is 56.3 Å². The fourth-order valence-electron chi connectivity index (χ4n) is 3.74. The number of benzene rings is 2. The minimum absolute atomic E-state index is 0.0799. The molecular weight excluding hydrogens is 454 g/mol. The highest BCUT2D eigenvalue weighted by Gasteiger charge is 2.20. The highest BCUT2D eigenvalue weighted by Crippen LogP contribution is 2.15. The molecule has 2 aromatic carbocycles. The number of amides is 1. The largest absolute Gasteiger partial charge is 0.350 e. The fraction of sp³-hybridized carbons (Fsp3) is 0.320. The molecule has 33 heavy (non-hydrogen) atoms. The maximum Gasteiger partial charge on any atom is 0.251 e. The fourth-order valence-corrected chi connectivity index (χ4v) is 5.52. The van der Waals surface area contributed by atoms with E-state index in [-0.39, 0.29) is 23.4 Å². The molecule has 0 saturated carbocycles. The van der Waals surface area contributed by atoms with Gasteiger partial charge in [-0.3, -0.25) is 9.69 Å². The average molecular weight is 486 g/mol. The predicted molar refractivity (Wildman–Crippen MR) is 134 cm³/mol. The average Bonchev–Trinajstić information content (AvgIpc) is 3.36. The number of nitrogens with zero attached hydrogens (tertiary/aromatic N) is 1. The molecule has 0 bridgehead atoms. The van der Waals surface area contributed by atoms with Gasteiger partial charge in [-0.15, -0.1) is 11.3 Å². The summed E-state index contributed by atoms with van der Waals surface area (Å²) in [6.45, 7) is 6.69. The lowest BCUT2D eigenvalue weighted by molar-refractivity contribution is 0.0934. The van der Waals surface area contributed by atoms with Gasteiger partial charge in [0.15, 0.2) is 0 Å². The lowest BCUT2D eigenvalue weighted by Gasteiger charge is -2.30.